The molecule has 37 heavy (non-hydrogen) atoms. The fraction of sp³-hybridized carbons (Fsp3) is 0.483. The lowest BCUT2D eigenvalue weighted by Gasteiger charge is -2.32. The first kappa shape index (κ1) is 29.7. The van der Waals surface area contributed by atoms with Gasteiger partial charge < -0.3 is 25.4 Å². The highest BCUT2D eigenvalue weighted by molar-refractivity contribution is 5.90. The lowest BCUT2D eigenvalue weighted by atomic mass is 10.0. The monoisotopic (exact) mass is 511 g/mol. The molecule has 0 radical (unpaired) electrons. The molecule has 8 nitrogen and oxygen atoms in total. The van der Waals surface area contributed by atoms with E-state index < -0.39 is 23.6 Å². The zero-order chi connectivity index (χ0) is 27.3. The minimum Gasteiger partial charge on any atom is -0.508 e. The first-order valence-corrected chi connectivity index (χ1v) is 13.0. The molecule has 8 heteroatoms. The van der Waals surface area contributed by atoms with Crippen molar-refractivity contribution in [3.8, 4) is 5.75 Å². The van der Waals surface area contributed by atoms with Crippen LogP contribution in [0.5, 0.6) is 5.75 Å². The van der Waals surface area contributed by atoms with Gasteiger partial charge in [-0.05, 0) is 50.5 Å². The fourth-order valence-corrected chi connectivity index (χ4v) is 3.86. The summed E-state index contributed by atoms with van der Waals surface area (Å²) in [5.74, 6) is -0.667. The number of benzene rings is 2. The van der Waals surface area contributed by atoms with Gasteiger partial charge in [0, 0.05) is 13.1 Å². The van der Waals surface area contributed by atoms with Crippen molar-refractivity contribution < 1.29 is 24.2 Å². The Kier molecular flexibility index (Phi) is 11.9. The van der Waals surface area contributed by atoms with Gasteiger partial charge in [-0.15, -0.1) is 0 Å². The molecule has 0 aliphatic rings. The van der Waals surface area contributed by atoms with Crippen LogP contribution in [0.1, 0.15) is 77.0 Å². The minimum absolute atomic E-state index is 0.0660. The molecule has 1 atom stereocenters. The standard InChI is InChI=1S/C29H41N3O5/c1-5-6-7-8-12-19-32(25(34)21-31-28(36)37-29(2,3)4)26(23-15-17-24(33)18-16-23)27(35)30-20-22-13-10-9-11-14-22/h9-11,13-18,26,33H,5-8,12,19-21H2,1-4H3,(H,30,35)(H,31,36). The van der Waals surface area contributed by atoms with E-state index >= 15 is 0 Å². The number of amides is 3. The van der Waals surface area contributed by atoms with Crippen LogP contribution in [0.3, 0.4) is 0 Å². The summed E-state index contributed by atoms with van der Waals surface area (Å²) in [4.78, 5) is 40.6. The van der Waals surface area contributed by atoms with Gasteiger partial charge in [-0.1, -0.05) is 75.1 Å². The molecule has 0 fully saturated rings. The molecule has 3 N–H and O–H groups in total. The predicted molar refractivity (Wildman–Crippen MR) is 144 cm³/mol. The van der Waals surface area contributed by atoms with E-state index in [1.807, 2.05) is 30.3 Å². The smallest absolute Gasteiger partial charge is 0.408 e. The summed E-state index contributed by atoms with van der Waals surface area (Å²) in [5.41, 5.74) is 0.810. The lowest BCUT2D eigenvalue weighted by Crippen LogP contribution is -2.48. The molecule has 0 aliphatic carbocycles. The van der Waals surface area contributed by atoms with Crippen molar-refractivity contribution >= 4 is 17.9 Å². The molecule has 0 bridgehead atoms. The Morgan fingerprint density at radius 3 is 2.19 bits per heavy atom. The van der Waals surface area contributed by atoms with Gasteiger partial charge in [-0.2, -0.15) is 0 Å². The zero-order valence-electron chi connectivity index (χ0n) is 22.5. The molecule has 2 aromatic carbocycles. The van der Waals surface area contributed by atoms with Crippen LogP contribution in [0, 0.1) is 0 Å². The molecule has 202 valence electrons. The largest absolute Gasteiger partial charge is 0.508 e. The molecule has 3 amide bonds. The summed E-state index contributed by atoms with van der Waals surface area (Å²) in [5, 5.41) is 15.3. The average Bonchev–Trinajstić information content (AvgIpc) is 2.85. The third-order valence-electron chi connectivity index (χ3n) is 5.68. The van der Waals surface area contributed by atoms with Crippen molar-refractivity contribution in [3.05, 3.63) is 65.7 Å². The Morgan fingerprint density at radius 1 is 0.919 bits per heavy atom. The fourth-order valence-electron chi connectivity index (χ4n) is 3.86. The summed E-state index contributed by atoms with van der Waals surface area (Å²) in [6, 6.07) is 14.9. The third-order valence-corrected chi connectivity index (χ3v) is 5.68. The predicted octanol–water partition coefficient (Wildman–Crippen LogP) is 5.07. The van der Waals surface area contributed by atoms with E-state index in [0.717, 1.165) is 37.7 Å². The molecule has 0 aromatic heterocycles. The molecule has 0 saturated heterocycles. The van der Waals surface area contributed by atoms with Gasteiger partial charge in [-0.25, -0.2) is 4.79 Å². The molecule has 2 aromatic rings. The van der Waals surface area contributed by atoms with E-state index in [2.05, 4.69) is 17.6 Å². The number of alkyl carbamates (subject to hydrolysis) is 1. The molecule has 2 rings (SSSR count). The second-order valence-corrected chi connectivity index (χ2v) is 10.1. The normalized spacial score (nSPS) is 11.9. The lowest BCUT2D eigenvalue weighted by molar-refractivity contribution is -0.140. The molecular weight excluding hydrogens is 470 g/mol. The van der Waals surface area contributed by atoms with Gasteiger partial charge in [0.25, 0.3) is 0 Å². The van der Waals surface area contributed by atoms with E-state index in [0.29, 0.717) is 18.7 Å². The second-order valence-electron chi connectivity index (χ2n) is 10.1. The van der Waals surface area contributed by atoms with Crippen molar-refractivity contribution in [2.24, 2.45) is 0 Å². The highest BCUT2D eigenvalue weighted by Crippen LogP contribution is 2.25. The molecule has 1 unspecified atom stereocenters. The molecule has 0 heterocycles. The summed E-state index contributed by atoms with van der Waals surface area (Å²) in [6.45, 7) is 7.73. The highest BCUT2D eigenvalue weighted by atomic mass is 16.6. The number of phenols is 1. The first-order chi connectivity index (χ1) is 17.6. The number of carbonyl (C=O) groups excluding carboxylic acids is 3. The second kappa shape index (κ2) is 14.9. The van der Waals surface area contributed by atoms with Crippen LogP contribution in [0.4, 0.5) is 4.79 Å². The third kappa shape index (κ3) is 10.9. The van der Waals surface area contributed by atoms with Crippen molar-refractivity contribution in [1.82, 2.24) is 15.5 Å². The molecule has 0 aliphatic heterocycles. The van der Waals surface area contributed by atoms with Crippen molar-refractivity contribution in [1.29, 1.82) is 0 Å². The Morgan fingerprint density at radius 2 is 1.57 bits per heavy atom. The van der Waals surface area contributed by atoms with Crippen molar-refractivity contribution in [3.63, 3.8) is 0 Å². The van der Waals surface area contributed by atoms with Gasteiger partial charge >= 0.3 is 6.09 Å². The van der Waals surface area contributed by atoms with Gasteiger partial charge in [0.1, 0.15) is 23.9 Å². The summed E-state index contributed by atoms with van der Waals surface area (Å²) < 4.78 is 5.26. The highest BCUT2D eigenvalue weighted by Gasteiger charge is 2.31. The summed E-state index contributed by atoms with van der Waals surface area (Å²) >= 11 is 0. The van der Waals surface area contributed by atoms with Crippen LogP contribution in [0.15, 0.2) is 54.6 Å². The number of hydrogen-bond acceptors (Lipinski definition) is 5. The van der Waals surface area contributed by atoms with E-state index in [4.69, 9.17) is 4.74 Å². The van der Waals surface area contributed by atoms with Crippen LogP contribution >= 0.6 is 0 Å². The Hall–Kier alpha value is -3.55. The maximum atomic E-state index is 13.5. The van der Waals surface area contributed by atoms with E-state index in [1.54, 1.807) is 32.9 Å². The molecule has 0 saturated carbocycles. The number of phenolic OH excluding ortho intramolecular Hbond substituents is 1. The van der Waals surface area contributed by atoms with Gasteiger partial charge in [0.05, 0.1) is 0 Å². The minimum atomic E-state index is -0.927. The Labute approximate surface area is 220 Å². The SMILES string of the molecule is CCCCCCCN(C(=O)CNC(=O)OC(C)(C)C)C(C(=O)NCc1ccccc1)c1ccc(O)cc1. The number of nitrogens with one attached hydrogen (secondary N) is 2. The Bertz CT molecular complexity index is 987. The first-order valence-electron chi connectivity index (χ1n) is 13.0. The van der Waals surface area contributed by atoms with Gasteiger partial charge in [-0.3, -0.25) is 9.59 Å². The van der Waals surface area contributed by atoms with Crippen molar-refractivity contribution in [2.45, 2.75) is 78.0 Å². The number of carbonyl (C=O) groups is 3. The quantitative estimate of drug-likeness (QED) is 0.325. The maximum absolute atomic E-state index is 13.5. The maximum Gasteiger partial charge on any atom is 0.408 e. The average molecular weight is 512 g/mol. The van der Waals surface area contributed by atoms with Crippen LogP contribution in [0.2, 0.25) is 0 Å². The van der Waals surface area contributed by atoms with Crippen LogP contribution < -0.4 is 10.6 Å². The number of rotatable bonds is 13. The molecular formula is C29H41N3O5. The van der Waals surface area contributed by atoms with Crippen LogP contribution in [-0.2, 0) is 20.9 Å². The number of nitrogens with zero attached hydrogens (tertiary/aromatic N) is 1. The number of unbranched alkanes of at least 4 members (excludes halogenated alkanes) is 4. The van der Waals surface area contributed by atoms with Crippen LogP contribution in [0.25, 0.3) is 0 Å². The molecule has 0 spiro atoms. The van der Waals surface area contributed by atoms with Gasteiger partial charge in [0.15, 0.2) is 0 Å². The summed E-state index contributed by atoms with van der Waals surface area (Å²) in [7, 11) is 0. The van der Waals surface area contributed by atoms with E-state index in [1.165, 1.54) is 17.0 Å². The van der Waals surface area contributed by atoms with Crippen LogP contribution in [-0.4, -0.2) is 46.6 Å². The topological polar surface area (TPSA) is 108 Å². The number of ether oxygens (including phenoxy) is 1. The van der Waals surface area contributed by atoms with E-state index in [-0.39, 0.29) is 18.2 Å². The van der Waals surface area contributed by atoms with Crippen molar-refractivity contribution in [2.75, 3.05) is 13.1 Å². The summed E-state index contributed by atoms with van der Waals surface area (Å²) in [6.07, 6.45) is 4.19. The Balaban J connectivity index is 2.26. The van der Waals surface area contributed by atoms with Gasteiger partial charge in [0.2, 0.25) is 11.8 Å². The zero-order valence-corrected chi connectivity index (χ0v) is 22.5. The van der Waals surface area contributed by atoms with E-state index in [9.17, 15) is 19.5 Å². The number of hydrogen-bond donors (Lipinski definition) is 3. The number of aromatic hydroxyl groups is 1.